The molecular formula is C12H19ClN2O2S. The van der Waals surface area contributed by atoms with Crippen LogP contribution in [0.15, 0.2) is 18.2 Å². The van der Waals surface area contributed by atoms with Crippen molar-refractivity contribution in [1.29, 1.82) is 0 Å². The van der Waals surface area contributed by atoms with Gasteiger partial charge in [-0.15, -0.1) is 0 Å². The molecule has 0 aliphatic heterocycles. The Labute approximate surface area is 114 Å². The topological polar surface area (TPSA) is 72.2 Å². The van der Waals surface area contributed by atoms with Gasteiger partial charge in [-0.1, -0.05) is 32.4 Å². The van der Waals surface area contributed by atoms with Gasteiger partial charge in [0.2, 0.25) is 10.0 Å². The second-order valence-electron chi connectivity index (χ2n) is 5.46. The summed E-state index contributed by atoms with van der Waals surface area (Å²) in [6.45, 7) is 5.99. The summed E-state index contributed by atoms with van der Waals surface area (Å²) < 4.78 is 26.3. The van der Waals surface area contributed by atoms with Crippen molar-refractivity contribution in [1.82, 2.24) is 0 Å². The minimum absolute atomic E-state index is 0.0331. The van der Waals surface area contributed by atoms with Crippen molar-refractivity contribution < 1.29 is 8.42 Å². The smallest absolute Gasteiger partial charge is 0.232 e. The molecule has 0 radical (unpaired) electrons. The van der Waals surface area contributed by atoms with Crippen molar-refractivity contribution in [3.63, 3.8) is 0 Å². The number of nitrogens with two attached hydrogens (primary N) is 1. The quantitative estimate of drug-likeness (QED) is 0.837. The minimum atomic E-state index is -3.40. The second-order valence-corrected chi connectivity index (χ2v) is 7.74. The zero-order valence-electron chi connectivity index (χ0n) is 10.8. The molecule has 0 bridgehead atoms. The van der Waals surface area contributed by atoms with Gasteiger partial charge in [0, 0.05) is 5.02 Å². The van der Waals surface area contributed by atoms with Crippen molar-refractivity contribution in [2.45, 2.75) is 27.2 Å². The summed E-state index contributed by atoms with van der Waals surface area (Å²) in [4.78, 5) is 0. The van der Waals surface area contributed by atoms with Crippen LogP contribution in [0.5, 0.6) is 0 Å². The average molecular weight is 291 g/mol. The summed E-state index contributed by atoms with van der Waals surface area (Å²) >= 11 is 5.80. The Balaban J connectivity index is 2.80. The first-order valence-corrected chi connectivity index (χ1v) is 7.68. The predicted molar refractivity (Wildman–Crippen MR) is 77.3 cm³/mol. The lowest BCUT2D eigenvalue weighted by Gasteiger charge is -2.18. The number of rotatable bonds is 4. The zero-order chi connectivity index (χ0) is 14.0. The fraction of sp³-hybridized carbons (Fsp3) is 0.500. The first-order chi connectivity index (χ1) is 8.09. The van der Waals surface area contributed by atoms with Gasteiger partial charge in [0.15, 0.2) is 0 Å². The molecule has 1 rings (SSSR count). The van der Waals surface area contributed by atoms with Crippen LogP contribution in [-0.2, 0) is 10.0 Å². The molecule has 0 spiro atoms. The molecule has 0 amide bonds. The monoisotopic (exact) mass is 290 g/mol. The van der Waals surface area contributed by atoms with Gasteiger partial charge in [0.1, 0.15) is 0 Å². The normalized spacial score (nSPS) is 12.4. The molecule has 102 valence electrons. The summed E-state index contributed by atoms with van der Waals surface area (Å²) in [5.74, 6) is 0.0580. The van der Waals surface area contributed by atoms with E-state index in [1.807, 2.05) is 20.8 Å². The van der Waals surface area contributed by atoms with E-state index < -0.39 is 10.0 Å². The molecule has 1 aromatic carbocycles. The van der Waals surface area contributed by atoms with E-state index in [0.717, 1.165) is 0 Å². The molecule has 0 atom stereocenters. The van der Waals surface area contributed by atoms with Crippen LogP contribution in [0.2, 0.25) is 5.02 Å². The van der Waals surface area contributed by atoms with E-state index in [-0.39, 0.29) is 11.2 Å². The van der Waals surface area contributed by atoms with Gasteiger partial charge in [-0.05, 0) is 30.0 Å². The fourth-order valence-electron chi connectivity index (χ4n) is 1.28. The van der Waals surface area contributed by atoms with Crippen LogP contribution in [-0.4, -0.2) is 14.2 Å². The second kappa shape index (κ2) is 5.36. The van der Waals surface area contributed by atoms with Crippen LogP contribution >= 0.6 is 11.6 Å². The average Bonchev–Trinajstić information content (AvgIpc) is 2.20. The van der Waals surface area contributed by atoms with E-state index in [9.17, 15) is 8.42 Å². The number of halogens is 1. The molecular weight excluding hydrogens is 272 g/mol. The summed E-state index contributed by atoms with van der Waals surface area (Å²) in [5.41, 5.74) is 6.35. The molecule has 0 aromatic heterocycles. The first kappa shape index (κ1) is 15.1. The number of hydrogen-bond acceptors (Lipinski definition) is 3. The lowest BCUT2D eigenvalue weighted by atomic mass is 9.94. The van der Waals surface area contributed by atoms with Crippen molar-refractivity contribution in [2.75, 3.05) is 16.2 Å². The number of sulfonamides is 1. The third-order valence-corrected chi connectivity index (χ3v) is 3.91. The highest BCUT2D eigenvalue weighted by Gasteiger charge is 2.18. The van der Waals surface area contributed by atoms with Gasteiger partial charge in [0.05, 0.1) is 17.1 Å². The van der Waals surface area contributed by atoms with E-state index in [0.29, 0.717) is 22.8 Å². The molecule has 0 unspecified atom stereocenters. The van der Waals surface area contributed by atoms with Gasteiger partial charge in [-0.3, -0.25) is 4.72 Å². The fourth-order valence-corrected chi connectivity index (χ4v) is 2.94. The summed E-state index contributed by atoms with van der Waals surface area (Å²) in [7, 11) is -3.40. The lowest BCUT2D eigenvalue weighted by Crippen LogP contribution is -2.21. The Bertz CT molecular complexity index is 521. The largest absolute Gasteiger partial charge is 0.397 e. The molecule has 0 saturated carbocycles. The molecule has 0 aliphatic rings. The van der Waals surface area contributed by atoms with E-state index in [2.05, 4.69) is 4.72 Å². The van der Waals surface area contributed by atoms with Crippen LogP contribution in [0.25, 0.3) is 0 Å². The summed E-state index contributed by atoms with van der Waals surface area (Å²) in [6.07, 6.45) is 0.572. The minimum Gasteiger partial charge on any atom is -0.397 e. The van der Waals surface area contributed by atoms with Crippen LogP contribution < -0.4 is 10.5 Å². The molecule has 0 saturated heterocycles. The highest BCUT2D eigenvalue weighted by molar-refractivity contribution is 7.92. The molecule has 0 aliphatic carbocycles. The van der Waals surface area contributed by atoms with Crippen LogP contribution in [0.3, 0.4) is 0 Å². The maximum Gasteiger partial charge on any atom is 0.232 e. The molecule has 4 nitrogen and oxygen atoms in total. The van der Waals surface area contributed by atoms with Crippen LogP contribution in [0.4, 0.5) is 11.4 Å². The number of hydrogen-bond donors (Lipinski definition) is 2. The number of nitrogen functional groups attached to an aromatic ring is 1. The van der Waals surface area contributed by atoms with Gasteiger partial charge < -0.3 is 5.73 Å². The number of anilines is 2. The van der Waals surface area contributed by atoms with E-state index >= 15 is 0 Å². The van der Waals surface area contributed by atoms with Crippen LogP contribution in [0.1, 0.15) is 27.2 Å². The van der Waals surface area contributed by atoms with E-state index in [1.54, 1.807) is 12.1 Å². The Morgan fingerprint density at radius 2 is 1.94 bits per heavy atom. The molecule has 1 aromatic rings. The predicted octanol–water partition coefficient (Wildman–Crippen LogP) is 3.10. The van der Waals surface area contributed by atoms with Crippen molar-refractivity contribution in [3.8, 4) is 0 Å². The number of benzene rings is 1. The maximum atomic E-state index is 11.9. The molecule has 0 fully saturated rings. The number of nitrogens with one attached hydrogen (secondary N) is 1. The Morgan fingerprint density at radius 1 is 1.33 bits per heavy atom. The van der Waals surface area contributed by atoms with E-state index in [4.69, 9.17) is 17.3 Å². The van der Waals surface area contributed by atoms with E-state index in [1.165, 1.54) is 6.07 Å². The van der Waals surface area contributed by atoms with Crippen LogP contribution in [0, 0.1) is 5.41 Å². The molecule has 18 heavy (non-hydrogen) atoms. The first-order valence-electron chi connectivity index (χ1n) is 5.65. The Kier molecular flexibility index (Phi) is 4.50. The molecule has 6 heteroatoms. The van der Waals surface area contributed by atoms with Gasteiger partial charge in [-0.25, -0.2) is 8.42 Å². The third kappa shape index (κ3) is 5.14. The SMILES string of the molecule is CC(C)(C)CCS(=O)(=O)Nc1cc(Cl)ccc1N. The maximum absolute atomic E-state index is 11.9. The highest BCUT2D eigenvalue weighted by Crippen LogP contribution is 2.25. The Morgan fingerprint density at radius 3 is 2.50 bits per heavy atom. The Hall–Kier alpha value is -0.940. The molecule has 0 heterocycles. The highest BCUT2D eigenvalue weighted by atomic mass is 35.5. The summed E-state index contributed by atoms with van der Waals surface area (Å²) in [5, 5.41) is 0.442. The van der Waals surface area contributed by atoms with Crippen molar-refractivity contribution in [2.24, 2.45) is 5.41 Å². The standard InChI is InChI=1S/C12H19ClN2O2S/c1-12(2,3)6-7-18(16,17)15-11-8-9(13)4-5-10(11)14/h4-5,8,15H,6-7,14H2,1-3H3. The van der Waals surface area contributed by atoms with Crippen molar-refractivity contribution >= 4 is 33.0 Å². The van der Waals surface area contributed by atoms with Gasteiger partial charge >= 0.3 is 0 Å². The van der Waals surface area contributed by atoms with Crippen molar-refractivity contribution in [3.05, 3.63) is 23.2 Å². The summed E-state index contributed by atoms with van der Waals surface area (Å²) in [6, 6.07) is 4.69. The third-order valence-electron chi connectivity index (χ3n) is 2.40. The lowest BCUT2D eigenvalue weighted by molar-refractivity contribution is 0.397. The molecule has 3 N–H and O–H groups in total. The van der Waals surface area contributed by atoms with Gasteiger partial charge in [-0.2, -0.15) is 0 Å². The zero-order valence-corrected chi connectivity index (χ0v) is 12.4. The van der Waals surface area contributed by atoms with Gasteiger partial charge in [0.25, 0.3) is 0 Å².